The van der Waals surface area contributed by atoms with E-state index in [4.69, 9.17) is 4.52 Å². The lowest BCUT2D eigenvalue weighted by molar-refractivity contribution is 0.0928. The lowest BCUT2D eigenvalue weighted by Gasteiger charge is -2.18. The fraction of sp³-hybridized carbons (Fsp3) is 0.375. The molecule has 1 aromatic heterocycles. The van der Waals surface area contributed by atoms with Crippen molar-refractivity contribution in [1.29, 1.82) is 0 Å². The molecule has 0 aliphatic heterocycles. The van der Waals surface area contributed by atoms with E-state index in [-0.39, 0.29) is 11.4 Å². The van der Waals surface area contributed by atoms with Crippen molar-refractivity contribution in [3.8, 4) is 0 Å². The maximum atomic E-state index is 12.6. The monoisotopic (exact) mass is 348 g/mol. The molecule has 1 N–H and O–H groups in total. The molecule has 0 unspecified atom stereocenters. The molecule has 4 nitrogen and oxygen atoms in total. The molecule has 3 rings (SSSR count). The Bertz CT molecular complexity index is 672. The van der Waals surface area contributed by atoms with E-state index in [0.29, 0.717) is 17.7 Å². The van der Waals surface area contributed by atoms with Crippen LogP contribution in [-0.2, 0) is 12.0 Å². The van der Waals surface area contributed by atoms with Gasteiger partial charge in [0.2, 0.25) is 0 Å². The molecular formula is C16H17BrN2O2. The molecule has 1 aromatic carbocycles. The van der Waals surface area contributed by atoms with Gasteiger partial charge in [-0.25, -0.2) is 0 Å². The van der Waals surface area contributed by atoms with Gasteiger partial charge in [0, 0.05) is 4.47 Å². The first-order valence-corrected chi connectivity index (χ1v) is 7.89. The van der Waals surface area contributed by atoms with Crippen molar-refractivity contribution in [2.24, 2.45) is 0 Å². The number of hydrogen-bond acceptors (Lipinski definition) is 3. The van der Waals surface area contributed by atoms with Gasteiger partial charge in [-0.1, -0.05) is 40.1 Å². The predicted octanol–water partition coefficient (Wildman–Crippen LogP) is 3.73. The molecule has 1 aliphatic carbocycles. The van der Waals surface area contributed by atoms with E-state index < -0.39 is 0 Å². The summed E-state index contributed by atoms with van der Waals surface area (Å²) in [7, 11) is 0. The first-order valence-electron chi connectivity index (χ1n) is 7.09. The minimum Gasteiger partial charge on any atom is -0.361 e. The number of aryl methyl sites for hydroxylation is 2. The smallest absolute Gasteiger partial charge is 0.257 e. The standard InChI is InChI=1S/C16H17BrN2O2/c1-3-13-14(10(2)21-19-13)15(20)18-16(8-9-16)11-4-6-12(17)7-5-11/h4-7H,3,8-9H2,1-2H3,(H,18,20). The average molecular weight is 349 g/mol. The summed E-state index contributed by atoms with van der Waals surface area (Å²) >= 11 is 3.44. The zero-order valence-electron chi connectivity index (χ0n) is 12.1. The molecule has 110 valence electrons. The highest BCUT2D eigenvalue weighted by molar-refractivity contribution is 9.10. The van der Waals surface area contributed by atoms with Crippen LogP contribution in [0.15, 0.2) is 33.3 Å². The van der Waals surface area contributed by atoms with Gasteiger partial charge in [-0.3, -0.25) is 4.79 Å². The zero-order valence-corrected chi connectivity index (χ0v) is 13.7. The summed E-state index contributed by atoms with van der Waals surface area (Å²) < 4.78 is 6.19. The van der Waals surface area contributed by atoms with Crippen molar-refractivity contribution in [2.45, 2.75) is 38.6 Å². The minimum atomic E-state index is -0.230. The molecule has 1 amide bonds. The van der Waals surface area contributed by atoms with Gasteiger partial charge in [0.15, 0.2) is 0 Å². The summed E-state index contributed by atoms with van der Waals surface area (Å²) in [5.41, 5.74) is 2.22. The van der Waals surface area contributed by atoms with Crippen LogP contribution < -0.4 is 5.32 Å². The normalized spacial score (nSPS) is 15.8. The third-order valence-electron chi connectivity index (χ3n) is 3.99. The molecular weight excluding hydrogens is 332 g/mol. The van der Waals surface area contributed by atoms with E-state index in [1.807, 2.05) is 19.1 Å². The van der Waals surface area contributed by atoms with Gasteiger partial charge in [0.05, 0.1) is 11.2 Å². The Balaban J connectivity index is 1.84. The van der Waals surface area contributed by atoms with Crippen LogP contribution >= 0.6 is 15.9 Å². The van der Waals surface area contributed by atoms with Gasteiger partial charge in [-0.2, -0.15) is 0 Å². The number of benzene rings is 1. The number of nitrogens with zero attached hydrogens (tertiary/aromatic N) is 1. The van der Waals surface area contributed by atoms with E-state index in [1.165, 1.54) is 0 Å². The SMILES string of the molecule is CCc1noc(C)c1C(=O)NC1(c2ccc(Br)cc2)CC1. The van der Waals surface area contributed by atoms with E-state index in [9.17, 15) is 4.79 Å². The number of hydrogen-bond donors (Lipinski definition) is 1. The van der Waals surface area contributed by atoms with Crippen LogP contribution in [0.25, 0.3) is 0 Å². The Hall–Kier alpha value is -1.62. The maximum Gasteiger partial charge on any atom is 0.257 e. The van der Waals surface area contributed by atoms with Crippen LogP contribution in [-0.4, -0.2) is 11.1 Å². The molecule has 1 aliphatic rings. The van der Waals surface area contributed by atoms with Crippen molar-refractivity contribution in [3.05, 3.63) is 51.3 Å². The molecule has 21 heavy (non-hydrogen) atoms. The summed E-state index contributed by atoms with van der Waals surface area (Å²) in [5.74, 6) is 0.488. The lowest BCUT2D eigenvalue weighted by Crippen LogP contribution is -2.35. The van der Waals surface area contributed by atoms with Crippen molar-refractivity contribution in [2.75, 3.05) is 0 Å². The Kier molecular flexibility index (Phi) is 3.61. The van der Waals surface area contributed by atoms with Crippen molar-refractivity contribution in [3.63, 3.8) is 0 Å². The number of amides is 1. The molecule has 1 saturated carbocycles. The summed E-state index contributed by atoms with van der Waals surface area (Å²) in [4.78, 5) is 12.6. The van der Waals surface area contributed by atoms with Gasteiger partial charge >= 0.3 is 0 Å². The fourth-order valence-corrected chi connectivity index (χ4v) is 2.87. The number of carbonyl (C=O) groups is 1. The van der Waals surface area contributed by atoms with Gasteiger partial charge in [-0.15, -0.1) is 0 Å². The van der Waals surface area contributed by atoms with Crippen LogP contribution in [0.5, 0.6) is 0 Å². The van der Waals surface area contributed by atoms with Crippen LogP contribution in [0.1, 0.15) is 47.1 Å². The van der Waals surface area contributed by atoms with E-state index in [1.54, 1.807) is 6.92 Å². The van der Waals surface area contributed by atoms with Gasteiger partial charge < -0.3 is 9.84 Å². The highest BCUT2D eigenvalue weighted by atomic mass is 79.9. The number of halogens is 1. The van der Waals surface area contributed by atoms with Crippen LogP contribution in [0.3, 0.4) is 0 Å². The zero-order chi connectivity index (χ0) is 15.0. The molecule has 0 saturated heterocycles. The topological polar surface area (TPSA) is 55.1 Å². The highest BCUT2D eigenvalue weighted by Crippen LogP contribution is 2.46. The van der Waals surface area contributed by atoms with Gasteiger partial charge in [-0.05, 0) is 43.9 Å². The molecule has 5 heteroatoms. The van der Waals surface area contributed by atoms with Crippen molar-refractivity contribution >= 4 is 21.8 Å². The largest absolute Gasteiger partial charge is 0.361 e. The first kappa shape index (κ1) is 14.3. The Morgan fingerprint density at radius 2 is 2.05 bits per heavy atom. The Morgan fingerprint density at radius 1 is 1.38 bits per heavy atom. The fourth-order valence-electron chi connectivity index (χ4n) is 2.61. The first-order chi connectivity index (χ1) is 10.1. The maximum absolute atomic E-state index is 12.6. The molecule has 0 atom stereocenters. The number of nitrogens with one attached hydrogen (secondary N) is 1. The summed E-state index contributed by atoms with van der Waals surface area (Å²) in [5, 5.41) is 7.11. The second kappa shape index (κ2) is 5.30. The van der Waals surface area contributed by atoms with E-state index in [2.05, 4.69) is 38.5 Å². The molecule has 1 fully saturated rings. The van der Waals surface area contributed by atoms with Gasteiger partial charge in [0.25, 0.3) is 5.91 Å². The Labute approximate surface area is 132 Å². The molecule has 0 bridgehead atoms. The summed E-state index contributed by atoms with van der Waals surface area (Å²) in [6.07, 6.45) is 2.61. The summed E-state index contributed by atoms with van der Waals surface area (Å²) in [6.45, 7) is 3.75. The second-order valence-electron chi connectivity index (χ2n) is 5.46. The van der Waals surface area contributed by atoms with Gasteiger partial charge in [0.1, 0.15) is 11.3 Å². The number of aromatic nitrogens is 1. The highest BCUT2D eigenvalue weighted by Gasteiger charge is 2.46. The predicted molar refractivity (Wildman–Crippen MR) is 83.1 cm³/mol. The Morgan fingerprint density at radius 3 is 2.62 bits per heavy atom. The number of carbonyl (C=O) groups excluding carboxylic acids is 1. The van der Waals surface area contributed by atoms with Crippen LogP contribution in [0, 0.1) is 6.92 Å². The average Bonchev–Trinajstić information content (AvgIpc) is 3.14. The minimum absolute atomic E-state index is 0.0916. The molecule has 1 heterocycles. The third kappa shape index (κ3) is 2.62. The van der Waals surface area contributed by atoms with Crippen molar-refractivity contribution < 1.29 is 9.32 Å². The summed E-state index contributed by atoms with van der Waals surface area (Å²) in [6, 6.07) is 8.12. The molecule has 0 radical (unpaired) electrons. The van der Waals surface area contributed by atoms with Crippen LogP contribution in [0.2, 0.25) is 0 Å². The quantitative estimate of drug-likeness (QED) is 0.915. The van der Waals surface area contributed by atoms with E-state index in [0.717, 1.165) is 28.6 Å². The second-order valence-corrected chi connectivity index (χ2v) is 6.37. The van der Waals surface area contributed by atoms with E-state index >= 15 is 0 Å². The molecule has 2 aromatic rings. The number of rotatable bonds is 4. The lowest BCUT2D eigenvalue weighted by atomic mass is 10.0. The third-order valence-corrected chi connectivity index (χ3v) is 4.52. The van der Waals surface area contributed by atoms with Crippen LogP contribution in [0.4, 0.5) is 0 Å². The van der Waals surface area contributed by atoms with Crippen molar-refractivity contribution in [1.82, 2.24) is 10.5 Å². The molecule has 0 spiro atoms.